The van der Waals surface area contributed by atoms with Crippen molar-refractivity contribution in [2.24, 2.45) is 0 Å². The molecular formula is C13H16F3N5. The molecule has 2 heterocycles. The average molecular weight is 299 g/mol. The van der Waals surface area contributed by atoms with Crippen molar-refractivity contribution in [3.8, 4) is 0 Å². The van der Waals surface area contributed by atoms with Crippen LogP contribution in [0.2, 0.25) is 0 Å². The second kappa shape index (κ2) is 5.09. The fourth-order valence-corrected chi connectivity index (χ4v) is 2.33. The summed E-state index contributed by atoms with van der Waals surface area (Å²) in [5, 5.41) is 3.04. The van der Waals surface area contributed by atoms with Gasteiger partial charge in [-0.05, 0) is 19.8 Å². The molecule has 0 bridgehead atoms. The third kappa shape index (κ3) is 3.03. The predicted octanol–water partition coefficient (Wildman–Crippen LogP) is 2.69. The van der Waals surface area contributed by atoms with Gasteiger partial charge in [-0.25, -0.2) is 9.97 Å². The van der Waals surface area contributed by atoms with Crippen LogP contribution in [0.3, 0.4) is 0 Å². The smallest absolute Gasteiger partial charge is 0.369 e. The van der Waals surface area contributed by atoms with Crippen LogP contribution in [0.1, 0.15) is 19.8 Å². The monoisotopic (exact) mass is 299 g/mol. The summed E-state index contributed by atoms with van der Waals surface area (Å²) >= 11 is 0. The lowest BCUT2D eigenvalue weighted by molar-refractivity contribution is -0.120. The van der Waals surface area contributed by atoms with Crippen LogP contribution in [0.15, 0.2) is 18.6 Å². The molecule has 8 heteroatoms. The van der Waals surface area contributed by atoms with Gasteiger partial charge in [-0.2, -0.15) is 13.2 Å². The molecule has 1 aliphatic carbocycles. The summed E-state index contributed by atoms with van der Waals surface area (Å²) in [5.74, 6) is 0.837. The molecule has 0 saturated heterocycles. The quantitative estimate of drug-likeness (QED) is 0.922. The third-order valence-corrected chi connectivity index (χ3v) is 3.32. The first-order valence-electron chi connectivity index (χ1n) is 6.89. The van der Waals surface area contributed by atoms with E-state index >= 15 is 0 Å². The molecule has 1 aliphatic rings. The molecule has 0 unspecified atom stereocenters. The highest BCUT2D eigenvalue weighted by molar-refractivity contribution is 5.67. The molecule has 1 fully saturated rings. The number of hydrogen-bond donors (Lipinski definition) is 1. The molecule has 1 saturated carbocycles. The lowest BCUT2D eigenvalue weighted by atomic mass is 10.4. The summed E-state index contributed by atoms with van der Waals surface area (Å²) in [4.78, 5) is 9.81. The maximum absolute atomic E-state index is 12.8. The maximum Gasteiger partial charge on any atom is 0.405 e. The van der Waals surface area contributed by atoms with E-state index in [1.54, 1.807) is 23.0 Å². The average Bonchev–Trinajstić information content (AvgIpc) is 3.13. The Bertz CT molecular complexity index is 632. The van der Waals surface area contributed by atoms with Gasteiger partial charge in [0.15, 0.2) is 11.5 Å². The van der Waals surface area contributed by atoms with Crippen molar-refractivity contribution in [2.75, 3.05) is 23.3 Å². The van der Waals surface area contributed by atoms with Gasteiger partial charge in [0, 0.05) is 25.0 Å². The van der Waals surface area contributed by atoms with Gasteiger partial charge in [0.25, 0.3) is 0 Å². The number of halogens is 3. The Morgan fingerprint density at radius 1 is 1.43 bits per heavy atom. The Kier molecular flexibility index (Phi) is 3.38. The summed E-state index contributed by atoms with van der Waals surface area (Å²) in [6.45, 7) is 1.56. The molecule has 0 atom stereocenters. The van der Waals surface area contributed by atoms with E-state index in [1.165, 1.54) is 4.90 Å². The fraction of sp³-hybridized carbons (Fsp3) is 0.538. The molecule has 0 amide bonds. The van der Waals surface area contributed by atoms with Crippen LogP contribution in [-0.4, -0.2) is 39.7 Å². The van der Waals surface area contributed by atoms with Crippen LogP contribution < -0.4 is 10.2 Å². The van der Waals surface area contributed by atoms with Crippen molar-refractivity contribution in [3.05, 3.63) is 18.6 Å². The van der Waals surface area contributed by atoms with E-state index in [-0.39, 0.29) is 6.04 Å². The second-order valence-corrected chi connectivity index (χ2v) is 5.11. The van der Waals surface area contributed by atoms with Gasteiger partial charge in [0.1, 0.15) is 12.4 Å². The first kappa shape index (κ1) is 14.0. The number of alkyl halides is 3. The molecule has 0 radical (unpaired) electrons. The van der Waals surface area contributed by atoms with E-state index in [0.717, 1.165) is 12.8 Å². The van der Waals surface area contributed by atoms with Crippen LogP contribution in [0.25, 0.3) is 5.65 Å². The molecule has 0 aromatic carbocycles. The van der Waals surface area contributed by atoms with E-state index in [2.05, 4.69) is 15.3 Å². The minimum atomic E-state index is -4.26. The molecule has 2 aromatic heterocycles. The van der Waals surface area contributed by atoms with Crippen molar-refractivity contribution in [3.63, 3.8) is 0 Å². The predicted molar refractivity (Wildman–Crippen MR) is 73.6 cm³/mol. The molecule has 2 aromatic rings. The van der Waals surface area contributed by atoms with E-state index in [0.29, 0.717) is 23.8 Å². The standard InChI is InChI=1S/C13H16F3N5/c1-2-17-10-7-20-6-5-18-11(20)12(19-10)21(9-3-4-9)8-13(14,15)16/h5-7,9,17H,2-4,8H2,1H3. The van der Waals surface area contributed by atoms with Crippen LogP contribution in [0.5, 0.6) is 0 Å². The number of hydrogen-bond acceptors (Lipinski definition) is 4. The topological polar surface area (TPSA) is 45.5 Å². The molecule has 0 spiro atoms. The van der Waals surface area contributed by atoms with Gasteiger partial charge in [0.05, 0.1) is 6.20 Å². The van der Waals surface area contributed by atoms with Crippen molar-refractivity contribution >= 4 is 17.3 Å². The number of nitrogens with one attached hydrogen (secondary N) is 1. The summed E-state index contributed by atoms with van der Waals surface area (Å²) in [6.07, 6.45) is 2.26. The van der Waals surface area contributed by atoms with Crippen molar-refractivity contribution in [2.45, 2.75) is 32.0 Å². The first-order valence-corrected chi connectivity index (χ1v) is 6.89. The molecule has 0 aliphatic heterocycles. The highest BCUT2D eigenvalue weighted by Crippen LogP contribution is 2.35. The molecule has 5 nitrogen and oxygen atoms in total. The summed E-state index contributed by atoms with van der Waals surface area (Å²) in [7, 11) is 0. The number of rotatable bonds is 5. The number of nitrogens with zero attached hydrogens (tertiary/aromatic N) is 4. The van der Waals surface area contributed by atoms with Gasteiger partial charge >= 0.3 is 6.18 Å². The van der Waals surface area contributed by atoms with Gasteiger partial charge in [-0.1, -0.05) is 0 Å². The van der Waals surface area contributed by atoms with Crippen molar-refractivity contribution in [1.82, 2.24) is 14.4 Å². The van der Waals surface area contributed by atoms with Gasteiger partial charge in [-0.15, -0.1) is 0 Å². The van der Waals surface area contributed by atoms with Crippen LogP contribution in [0.4, 0.5) is 24.8 Å². The summed E-state index contributed by atoms with van der Waals surface area (Å²) in [6, 6.07) is -0.100. The van der Waals surface area contributed by atoms with E-state index in [4.69, 9.17) is 0 Å². The maximum atomic E-state index is 12.8. The lowest BCUT2D eigenvalue weighted by Crippen LogP contribution is -2.37. The number of anilines is 2. The third-order valence-electron chi connectivity index (χ3n) is 3.32. The Labute approximate surface area is 119 Å². The zero-order valence-electron chi connectivity index (χ0n) is 11.6. The zero-order chi connectivity index (χ0) is 15.0. The van der Waals surface area contributed by atoms with Crippen LogP contribution in [0, 0.1) is 0 Å². The number of imidazole rings is 1. The zero-order valence-corrected chi connectivity index (χ0v) is 11.6. The summed E-state index contributed by atoms with van der Waals surface area (Å²) in [5.41, 5.74) is 0.452. The summed E-state index contributed by atoms with van der Waals surface area (Å²) < 4.78 is 40.2. The minimum absolute atomic E-state index is 0.100. The molecule has 3 rings (SSSR count). The molecule has 114 valence electrons. The Hall–Kier alpha value is -1.99. The minimum Gasteiger partial charge on any atom is -0.369 e. The van der Waals surface area contributed by atoms with Gasteiger partial charge in [0.2, 0.25) is 0 Å². The largest absolute Gasteiger partial charge is 0.405 e. The van der Waals surface area contributed by atoms with Crippen LogP contribution in [-0.2, 0) is 0 Å². The molecular weight excluding hydrogens is 283 g/mol. The number of fused-ring (bicyclic) bond motifs is 1. The van der Waals surface area contributed by atoms with Crippen molar-refractivity contribution in [1.29, 1.82) is 0 Å². The van der Waals surface area contributed by atoms with E-state index < -0.39 is 12.7 Å². The Morgan fingerprint density at radius 2 is 2.19 bits per heavy atom. The molecule has 21 heavy (non-hydrogen) atoms. The van der Waals surface area contributed by atoms with Gasteiger partial charge < -0.3 is 14.6 Å². The SMILES string of the molecule is CCNc1cn2ccnc2c(N(CC(F)(F)F)C2CC2)n1. The first-order chi connectivity index (χ1) is 9.98. The van der Waals surface area contributed by atoms with Gasteiger partial charge in [-0.3, -0.25) is 0 Å². The lowest BCUT2D eigenvalue weighted by Gasteiger charge is -2.25. The van der Waals surface area contributed by atoms with Crippen LogP contribution >= 0.6 is 0 Å². The molecule has 1 N–H and O–H groups in total. The van der Waals surface area contributed by atoms with Crippen molar-refractivity contribution < 1.29 is 13.2 Å². The van der Waals surface area contributed by atoms with E-state index in [9.17, 15) is 13.2 Å². The second-order valence-electron chi connectivity index (χ2n) is 5.11. The number of aromatic nitrogens is 3. The normalized spacial score (nSPS) is 15.4. The van der Waals surface area contributed by atoms with E-state index in [1.807, 2.05) is 6.92 Å². The Morgan fingerprint density at radius 3 is 2.81 bits per heavy atom. The Balaban J connectivity index is 2.04. The highest BCUT2D eigenvalue weighted by atomic mass is 19.4. The fourth-order valence-electron chi connectivity index (χ4n) is 2.33. The highest BCUT2D eigenvalue weighted by Gasteiger charge is 2.39.